The average Bonchev–Trinajstić information content (AvgIpc) is 3.15. The van der Waals surface area contributed by atoms with E-state index in [0.717, 1.165) is 18.0 Å². The van der Waals surface area contributed by atoms with Crippen molar-refractivity contribution < 1.29 is 14.7 Å². The Balaban J connectivity index is 1.86. The van der Waals surface area contributed by atoms with Gasteiger partial charge in [-0.25, -0.2) is 4.79 Å². The van der Waals surface area contributed by atoms with E-state index in [-0.39, 0.29) is 18.0 Å². The van der Waals surface area contributed by atoms with Crippen LogP contribution >= 0.6 is 0 Å². The number of rotatable bonds is 6. The van der Waals surface area contributed by atoms with E-state index in [1.165, 1.54) is 18.9 Å². The van der Waals surface area contributed by atoms with Crippen molar-refractivity contribution in [3.63, 3.8) is 0 Å². The number of carbonyl (C=O) groups is 2. The molecule has 5 heteroatoms. The molecule has 1 amide bonds. The van der Waals surface area contributed by atoms with E-state index in [1.807, 2.05) is 0 Å². The number of anilines is 1. The van der Waals surface area contributed by atoms with Gasteiger partial charge in [0, 0.05) is 5.69 Å². The van der Waals surface area contributed by atoms with E-state index in [9.17, 15) is 9.59 Å². The molecule has 3 N–H and O–H groups in total. The SMILES string of the molecule is Cc1cc(C(=O)O)ccc1NC(=O)CNCC1CC1. The third-order valence-corrected chi connectivity index (χ3v) is 3.16. The summed E-state index contributed by atoms with van der Waals surface area (Å²) < 4.78 is 0. The number of aromatic carboxylic acids is 1. The van der Waals surface area contributed by atoms with Gasteiger partial charge in [-0.3, -0.25) is 4.79 Å². The Morgan fingerprint density at radius 1 is 1.37 bits per heavy atom. The zero-order chi connectivity index (χ0) is 13.8. The van der Waals surface area contributed by atoms with Crippen LogP contribution in [0.1, 0.15) is 28.8 Å². The van der Waals surface area contributed by atoms with Crippen molar-refractivity contribution in [2.45, 2.75) is 19.8 Å². The Morgan fingerprint density at radius 3 is 2.68 bits per heavy atom. The third-order valence-electron chi connectivity index (χ3n) is 3.16. The van der Waals surface area contributed by atoms with Crippen LogP contribution in [0.5, 0.6) is 0 Å². The predicted octanol–water partition coefficient (Wildman–Crippen LogP) is 1.63. The van der Waals surface area contributed by atoms with Gasteiger partial charge >= 0.3 is 5.97 Å². The van der Waals surface area contributed by atoms with Gasteiger partial charge in [-0.15, -0.1) is 0 Å². The lowest BCUT2D eigenvalue weighted by molar-refractivity contribution is -0.115. The van der Waals surface area contributed by atoms with Crippen molar-refractivity contribution in [1.29, 1.82) is 0 Å². The Kier molecular flexibility index (Phi) is 4.16. The lowest BCUT2D eigenvalue weighted by atomic mass is 10.1. The largest absolute Gasteiger partial charge is 0.478 e. The molecule has 0 radical (unpaired) electrons. The summed E-state index contributed by atoms with van der Waals surface area (Å²) in [6, 6.07) is 4.66. The van der Waals surface area contributed by atoms with E-state index in [2.05, 4.69) is 10.6 Å². The fraction of sp³-hybridized carbons (Fsp3) is 0.429. The standard InChI is InChI=1S/C14H18N2O3/c1-9-6-11(14(18)19)4-5-12(9)16-13(17)8-15-7-10-2-3-10/h4-6,10,15H,2-3,7-8H2,1H3,(H,16,17)(H,18,19). The molecule has 0 unspecified atom stereocenters. The van der Waals surface area contributed by atoms with Crippen LogP contribution in [0.3, 0.4) is 0 Å². The van der Waals surface area contributed by atoms with Crippen molar-refractivity contribution in [1.82, 2.24) is 5.32 Å². The number of carbonyl (C=O) groups excluding carboxylic acids is 1. The van der Waals surface area contributed by atoms with Crippen LogP contribution in [0.15, 0.2) is 18.2 Å². The van der Waals surface area contributed by atoms with Gasteiger partial charge in [-0.2, -0.15) is 0 Å². The lowest BCUT2D eigenvalue weighted by Crippen LogP contribution is -2.29. The number of nitrogens with one attached hydrogen (secondary N) is 2. The normalized spacial score (nSPS) is 14.2. The first-order valence-corrected chi connectivity index (χ1v) is 6.41. The van der Waals surface area contributed by atoms with E-state index in [0.29, 0.717) is 5.69 Å². The second-order valence-electron chi connectivity index (χ2n) is 4.96. The molecule has 0 heterocycles. The molecule has 1 aromatic carbocycles. The second kappa shape index (κ2) is 5.84. The van der Waals surface area contributed by atoms with Gasteiger partial charge in [-0.05, 0) is 56.0 Å². The van der Waals surface area contributed by atoms with Gasteiger partial charge in [0.1, 0.15) is 0 Å². The van der Waals surface area contributed by atoms with Gasteiger partial charge in [-0.1, -0.05) is 0 Å². The van der Waals surface area contributed by atoms with Crippen molar-refractivity contribution in [2.75, 3.05) is 18.4 Å². The number of hydrogen-bond donors (Lipinski definition) is 3. The zero-order valence-corrected chi connectivity index (χ0v) is 10.9. The molecule has 1 saturated carbocycles. The Morgan fingerprint density at radius 2 is 2.11 bits per heavy atom. The highest BCUT2D eigenvalue weighted by Gasteiger charge is 2.20. The minimum Gasteiger partial charge on any atom is -0.478 e. The summed E-state index contributed by atoms with van der Waals surface area (Å²) in [6.45, 7) is 2.96. The molecule has 0 aromatic heterocycles. The van der Waals surface area contributed by atoms with E-state index in [1.54, 1.807) is 19.1 Å². The Bertz CT molecular complexity index is 495. The highest BCUT2D eigenvalue weighted by Crippen LogP contribution is 2.27. The number of hydrogen-bond acceptors (Lipinski definition) is 3. The smallest absolute Gasteiger partial charge is 0.335 e. The number of benzene rings is 1. The van der Waals surface area contributed by atoms with Crippen LogP contribution in [0.2, 0.25) is 0 Å². The van der Waals surface area contributed by atoms with E-state index < -0.39 is 5.97 Å². The Hall–Kier alpha value is -1.88. The van der Waals surface area contributed by atoms with Gasteiger partial charge in [0.15, 0.2) is 0 Å². The summed E-state index contributed by atoms with van der Waals surface area (Å²) in [6.07, 6.45) is 2.51. The molecule has 1 aromatic rings. The highest BCUT2D eigenvalue weighted by atomic mass is 16.4. The molecule has 102 valence electrons. The minimum atomic E-state index is -0.966. The molecule has 0 aliphatic heterocycles. The van der Waals surface area contributed by atoms with Crippen molar-refractivity contribution in [2.24, 2.45) is 5.92 Å². The predicted molar refractivity (Wildman–Crippen MR) is 72.4 cm³/mol. The molecule has 19 heavy (non-hydrogen) atoms. The molecule has 2 rings (SSSR count). The molecule has 0 saturated heterocycles. The lowest BCUT2D eigenvalue weighted by Gasteiger charge is -2.09. The third kappa shape index (κ3) is 4.06. The maximum atomic E-state index is 11.7. The van der Waals surface area contributed by atoms with Crippen LogP contribution in [-0.2, 0) is 4.79 Å². The summed E-state index contributed by atoms with van der Waals surface area (Å²) in [5.74, 6) is -0.330. The molecular weight excluding hydrogens is 244 g/mol. The van der Waals surface area contributed by atoms with E-state index >= 15 is 0 Å². The van der Waals surface area contributed by atoms with Crippen LogP contribution in [-0.4, -0.2) is 30.1 Å². The summed E-state index contributed by atoms with van der Waals surface area (Å²) in [5.41, 5.74) is 1.63. The molecule has 1 aliphatic carbocycles. The van der Waals surface area contributed by atoms with Crippen molar-refractivity contribution in [3.05, 3.63) is 29.3 Å². The van der Waals surface area contributed by atoms with Crippen LogP contribution < -0.4 is 10.6 Å². The zero-order valence-electron chi connectivity index (χ0n) is 10.9. The number of carboxylic acid groups (broad SMARTS) is 1. The van der Waals surface area contributed by atoms with Gasteiger partial charge in [0.25, 0.3) is 0 Å². The van der Waals surface area contributed by atoms with Gasteiger partial charge < -0.3 is 15.7 Å². The molecular formula is C14H18N2O3. The summed E-state index contributed by atoms with van der Waals surface area (Å²) in [4.78, 5) is 22.5. The van der Waals surface area contributed by atoms with E-state index in [4.69, 9.17) is 5.11 Å². The Labute approximate surface area is 112 Å². The molecule has 0 spiro atoms. The summed E-state index contributed by atoms with van der Waals surface area (Å²) in [7, 11) is 0. The fourth-order valence-corrected chi connectivity index (χ4v) is 1.84. The summed E-state index contributed by atoms with van der Waals surface area (Å²) in [5, 5.41) is 14.7. The minimum absolute atomic E-state index is 0.105. The fourth-order valence-electron chi connectivity index (χ4n) is 1.84. The molecule has 1 aliphatic rings. The highest BCUT2D eigenvalue weighted by molar-refractivity contribution is 5.94. The maximum Gasteiger partial charge on any atom is 0.335 e. The van der Waals surface area contributed by atoms with Gasteiger partial charge in [0.05, 0.1) is 12.1 Å². The molecule has 0 atom stereocenters. The first-order chi connectivity index (χ1) is 9.06. The average molecular weight is 262 g/mol. The second-order valence-corrected chi connectivity index (χ2v) is 4.96. The maximum absolute atomic E-state index is 11.7. The number of amides is 1. The van der Waals surface area contributed by atoms with Crippen LogP contribution in [0.25, 0.3) is 0 Å². The summed E-state index contributed by atoms with van der Waals surface area (Å²) >= 11 is 0. The monoisotopic (exact) mass is 262 g/mol. The first kappa shape index (κ1) is 13.5. The molecule has 5 nitrogen and oxygen atoms in total. The van der Waals surface area contributed by atoms with Crippen LogP contribution in [0.4, 0.5) is 5.69 Å². The first-order valence-electron chi connectivity index (χ1n) is 6.41. The topological polar surface area (TPSA) is 78.4 Å². The molecule has 0 bridgehead atoms. The molecule has 1 fully saturated rings. The van der Waals surface area contributed by atoms with Crippen molar-refractivity contribution in [3.8, 4) is 0 Å². The number of carboxylic acids is 1. The number of aryl methyl sites for hydroxylation is 1. The van der Waals surface area contributed by atoms with Gasteiger partial charge in [0.2, 0.25) is 5.91 Å². The van der Waals surface area contributed by atoms with Crippen molar-refractivity contribution >= 4 is 17.6 Å². The quantitative estimate of drug-likeness (QED) is 0.728. The van der Waals surface area contributed by atoms with Crippen LogP contribution in [0, 0.1) is 12.8 Å².